The van der Waals surface area contributed by atoms with Gasteiger partial charge in [0.1, 0.15) is 5.75 Å². The van der Waals surface area contributed by atoms with Gasteiger partial charge in [0, 0.05) is 38.8 Å². The largest absolute Gasteiger partial charge is 0.496 e. The van der Waals surface area contributed by atoms with Crippen LogP contribution in [-0.2, 0) is 7.05 Å². The lowest BCUT2D eigenvalue weighted by Crippen LogP contribution is -2.48. The van der Waals surface area contributed by atoms with Crippen molar-refractivity contribution >= 4 is 5.91 Å². The second kappa shape index (κ2) is 7.27. The summed E-state index contributed by atoms with van der Waals surface area (Å²) in [6.45, 7) is 8.58. The van der Waals surface area contributed by atoms with E-state index >= 15 is 0 Å². The van der Waals surface area contributed by atoms with Crippen molar-refractivity contribution in [2.75, 3.05) is 39.8 Å². The van der Waals surface area contributed by atoms with Crippen LogP contribution in [0, 0.1) is 6.92 Å². The number of hydrogen-bond acceptors (Lipinski definition) is 4. The molecular formula is C19H26N4O2. The van der Waals surface area contributed by atoms with Gasteiger partial charge in [-0.2, -0.15) is 5.10 Å². The minimum absolute atomic E-state index is 0.00391. The lowest BCUT2D eigenvalue weighted by Gasteiger charge is -2.33. The first kappa shape index (κ1) is 17.5. The fourth-order valence-electron chi connectivity index (χ4n) is 3.28. The summed E-state index contributed by atoms with van der Waals surface area (Å²) in [6, 6.07) is 7.89. The summed E-state index contributed by atoms with van der Waals surface area (Å²) >= 11 is 0. The molecule has 134 valence electrons. The van der Waals surface area contributed by atoms with E-state index in [9.17, 15) is 4.79 Å². The number of carbonyl (C=O) groups excluding carboxylic acids is 1. The summed E-state index contributed by atoms with van der Waals surface area (Å²) < 4.78 is 7.23. The Balaban J connectivity index is 1.86. The Labute approximate surface area is 149 Å². The highest BCUT2D eigenvalue weighted by Gasteiger charge is 2.24. The Kier molecular flexibility index (Phi) is 5.08. The predicted molar refractivity (Wildman–Crippen MR) is 98.0 cm³/mol. The van der Waals surface area contributed by atoms with Crippen molar-refractivity contribution < 1.29 is 9.53 Å². The minimum Gasteiger partial charge on any atom is -0.496 e. The molecule has 1 aliphatic heterocycles. The van der Waals surface area contributed by atoms with Crippen LogP contribution in [0.2, 0.25) is 0 Å². The van der Waals surface area contributed by atoms with Crippen LogP contribution in [0.25, 0.3) is 11.3 Å². The third kappa shape index (κ3) is 3.54. The number of benzene rings is 1. The number of aryl methyl sites for hydroxylation is 2. The number of amides is 1. The van der Waals surface area contributed by atoms with Crippen molar-refractivity contribution in [3.05, 3.63) is 35.5 Å². The Morgan fingerprint density at radius 3 is 2.56 bits per heavy atom. The van der Waals surface area contributed by atoms with E-state index in [1.807, 2.05) is 37.1 Å². The van der Waals surface area contributed by atoms with E-state index in [-0.39, 0.29) is 5.91 Å². The molecule has 1 fully saturated rings. The van der Waals surface area contributed by atoms with Crippen LogP contribution in [-0.4, -0.2) is 65.3 Å². The minimum atomic E-state index is 0.00391. The van der Waals surface area contributed by atoms with Gasteiger partial charge in [-0.15, -0.1) is 0 Å². The molecular weight excluding hydrogens is 316 g/mol. The molecule has 0 unspecified atom stereocenters. The van der Waals surface area contributed by atoms with Crippen molar-refractivity contribution in [2.24, 2.45) is 7.05 Å². The van der Waals surface area contributed by atoms with Gasteiger partial charge in [0.15, 0.2) is 5.69 Å². The Morgan fingerprint density at radius 2 is 1.92 bits per heavy atom. The second-order valence-electron chi connectivity index (χ2n) is 6.47. The summed E-state index contributed by atoms with van der Waals surface area (Å²) in [4.78, 5) is 17.1. The zero-order valence-corrected chi connectivity index (χ0v) is 15.5. The molecule has 1 amide bonds. The summed E-state index contributed by atoms with van der Waals surface area (Å²) in [5, 5.41) is 4.46. The standard InChI is InChI=1S/C19H26N4O2/c1-5-22-8-10-23(11-9-22)19(24)16-13-17(21(3)20-16)15-12-14(2)6-7-18(15)25-4/h6-7,12-13H,5,8-11H2,1-4H3. The first-order chi connectivity index (χ1) is 12.0. The van der Waals surface area contributed by atoms with E-state index in [0.717, 1.165) is 55.3 Å². The predicted octanol–water partition coefficient (Wildman–Crippen LogP) is 2.18. The number of piperazine rings is 1. The molecule has 2 heterocycles. The van der Waals surface area contributed by atoms with Gasteiger partial charge in [-0.3, -0.25) is 9.48 Å². The van der Waals surface area contributed by atoms with E-state index in [1.54, 1.807) is 11.8 Å². The number of ether oxygens (including phenoxy) is 1. The molecule has 0 bridgehead atoms. The van der Waals surface area contributed by atoms with Crippen LogP contribution < -0.4 is 4.74 Å². The number of aromatic nitrogens is 2. The van der Waals surface area contributed by atoms with Gasteiger partial charge < -0.3 is 14.5 Å². The molecule has 2 aromatic rings. The maximum atomic E-state index is 12.8. The van der Waals surface area contributed by atoms with Gasteiger partial charge in [-0.05, 0) is 31.7 Å². The van der Waals surface area contributed by atoms with Gasteiger partial charge >= 0.3 is 0 Å². The van der Waals surface area contributed by atoms with Gasteiger partial charge in [0.05, 0.1) is 12.8 Å². The van der Waals surface area contributed by atoms with E-state index in [0.29, 0.717) is 5.69 Å². The fourth-order valence-corrected chi connectivity index (χ4v) is 3.28. The molecule has 0 N–H and O–H groups in total. The molecule has 0 spiro atoms. The van der Waals surface area contributed by atoms with Crippen LogP contribution in [0.5, 0.6) is 5.75 Å². The molecule has 0 atom stereocenters. The zero-order valence-electron chi connectivity index (χ0n) is 15.5. The number of hydrogen-bond donors (Lipinski definition) is 0. The molecule has 1 aliphatic rings. The summed E-state index contributed by atoms with van der Waals surface area (Å²) in [7, 11) is 3.52. The zero-order chi connectivity index (χ0) is 18.0. The highest BCUT2D eigenvalue weighted by Crippen LogP contribution is 2.31. The normalized spacial score (nSPS) is 15.4. The van der Waals surface area contributed by atoms with Gasteiger partial charge in [-0.25, -0.2) is 0 Å². The third-order valence-corrected chi connectivity index (χ3v) is 4.84. The molecule has 1 aromatic heterocycles. The number of likely N-dealkylation sites (N-methyl/N-ethyl adjacent to an activating group) is 1. The van der Waals surface area contributed by atoms with Gasteiger partial charge in [-0.1, -0.05) is 18.6 Å². The second-order valence-corrected chi connectivity index (χ2v) is 6.47. The number of nitrogens with zero attached hydrogens (tertiary/aromatic N) is 4. The van der Waals surface area contributed by atoms with Crippen molar-refractivity contribution in [3.63, 3.8) is 0 Å². The highest BCUT2D eigenvalue weighted by atomic mass is 16.5. The van der Waals surface area contributed by atoms with Crippen LogP contribution >= 0.6 is 0 Å². The summed E-state index contributed by atoms with van der Waals surface area (Å²) in [6.07, 6.45) is 0. The van der Waals surface area contributed by atoms with Crippen LogP contribution in [0.4, 0.5) is 0 Å². The molecule has 1 saturated heterocycles. The molecule has 0 saturated carbocycles. The smallest absolute Gasteiger partial charge is 0.274 e. The fraction of sp³-hybridized carbons (Fsp3) is 0.474. The van der Waals surface area contributed by atoms with Crippen LogP contribution in [0.1, 0.15) is 23.0 Å². The Bertz CT molecular complexity index is 761. The van der Waals surface area contributed by atoms with Crippen molar-refractivity contribution in [1.82, 2.24) is 19.6 Å². The van der Waals surface area contributed by atoms with Crippen LogP contribution in [0.3, 0.4) is 0 Å². The molecule has 1 aromatic carbocycles. The lowest BCUT2D eigenvalue weighted by molar-refractivity contribution is 0.0637. The average Bonchev–Trinajstić information content (AvgIpc) is 3.02. The van der Waals surface area contributed by atoms with E-state index in [4.69, 9.17) is 4.74 Å². The van der Waals surface area contributed by atoms with Gasteiger partial charge in [0.25, 0.3) is 5.91 Å². The SMILES string of the molecule is CCN1CCN(C(=O)c2cc(-c3cc(C)ccc3OC)n(C)n2)CC1. The summed E-state index contributed by atoms with van der Waals surface area (Å²) in [5.41, 5.74) is 3.47. The van der Waals surface area contributed by atoms with E-state index in [1.165, 1.54) is 0 Å². The molecule has 6 heteroatoms. The molecule has 3 rings (SSSR count). The molecule has 6 nitrogen and oxygen atoms in total. The van der Waals surface area contributed by atoms with E-state index < -0.39 is 0 Å². The van der Waals surface area contributed by atoms with E-state index in [2.05, 4.69) is 23.0 Å². The first-order valence-corrected chi connectivity index (χ1v) is 8.74. The van der Waals surface area contributed by atoms with Crippen molar-refractivity contribution in [2.45, 2.75) is 13.8 Å². The highest BCUT2D eigenvalue weighted by molar-refractivity contribution is 5.93. The topological polar surface area (TPSA) is 50.6 Å². The van der Waals surface area contributed by atoms with Crippen molar-refractivity contribution in [3.8, 4) is 17.0 Å². The van der Waals surface area contributed by atoms with Gasteiger partial charge in [0.2, 0.25) is 0 Å². The quantitative estimate of drug-likeness (QED) is 0.855. The monoisotopic (exact) mass is 342 g/mol. The third-order valence-electron chi connectivity index (χ3n) is 4.84. The maximum Gasteiger partial charge on any atom is 0.274 e. The molecule has 25 heavy (non-hydrogen) atoms. The maximum absolute atomic E-state index is 12.8. The van der Waals surface area contributed by atoms with Crippen molar-refractivity contribution in [1.29, 1.82) is 0 Å². The lowest BCUT2D eigenvalue weighted by atomic mass is 10.1. The number of rotatable bonds is 4. The average molecular weight is 342 g/mol. The Hall–Kier alpha value is -2.34. The number of methoxy groups -OCH3 is 1. The molecule has 0 aliphatic carbocycles. The Morgan fingerprint density at radius 1 is 1.20 bits per heavy atom. The van der Waals surface area contributed by atoms with Crippen LogP contribution in [0.15, 0.2) is 24.3 Å². The summed E-state index contributed by atoms with van der Waals surface area (Å²) in [5.74, 6) is 0.786. The number of carbonyl (C=O) groups is 1. The molecule has 0 radical (unpaired) electrons. The first-order valence-electron chi connectivity index (χ1n) is 8.74.